The predicted molar refractivity (Wildman–Crippen MR) is 96.0 cm³/mol. The second-order valence-electron chi connectivity index (χ2n) is 5.30. The van der Waals surface area contributed by atoms with Gasteiger partial charge in [-0.1, -0.05) is 48.2 Å². The Balaban J connectivity index is 1.54. The summed E-state index contributed by atoms with van der Waals surface area (Å²) < 4.78 is 20.1. The molecule has 0 radical (unpaired) electrons. The van der Waals surface area contributed by atoms with Crippen LogP contribution in [0.2, 0.25) is 0 Å². The van der Waals surface area contributed by atoms with E-state index in [-0.39, 0.29) is 24.0 Å². The van der Waals surface area contributed by atoms with Crippen molar-refractivity contribution in [3.8, 4) is 5.69 Å². The van der Waals surface area contributed by atoms with Crippen LogP contribution in [0.3, 0.4) is 0 Å². The average Bonchev–Trinajstić information content (AvgIpc) is 3.14. The first-order valence-electron chi connectivity index (χ1n) is 7.79. The summed E-state index contributed by atoms with van der Waals surface area (Å²) in [5.41, 5.74) is 1.10. The van der Waals surface area contributed by atoms with Crippen LogP contribution in [0.5, 0.6) is 0 Å². The zero-order chi connectivity index (χ0) is 18.4. The Morgan fingerprint density at radius 2 is 1.92 bits per heavy atom. The molecule has 3 rings (SSSR count). The molecule has 1 heterocycles. The van der Waals surface area contributed by atoms with Gasteiger partial charge in [-0.05, 0) is 18.2 Å². The number of thioether (sulfide) groups is 1. The molecule has 5 nitrogen and oxygen atoms in total. The maximum absolute atomic E-state index is 13.4. The van der Waals surface area contributed by atoms with E-state index >= 15 is 0 Å². The quantitative estimate of drug-likeness (QED) is 0.362. The van der Waals surface area contributed by atoms with E-state index in [4.69, 9.17) is 4.74 Å². The minimum Gasteiger partial charge on any atom is -0.457 e. The van der Waals surface area contributed by atoms with Crippen LogP contribution in [0.15, 0.2) is 72.1 Å². The highest BCUT2D eigenvalue weighted by atomic mass is 32.2. The van der Waals surface area contributed by atoms with E-state index in [2.05, 4.69) is 4.98 Å². The second kappa shape index (κ2) is 8.44. The summed E-state index contributed by atoms with van der Waals surface area (Å²) in [4.78, 5) is 28.0. The fourth-order valence-electron chi connectivity index (χ4n) is 2.24. The minimum absolute atomic E-state index is 0.00556. The van der Waals surface area contributed by atoms with Crippen LogP contribution in [0.25, 0.3) is 5.69 Å². The largest absolute Gasteiger partial charge is 0.457 e. The van der Waals surface area contributed by atoms with Crippen molar-refractivity contribution in [2.45, 2.75) is 5.16 Å². The van der Waals surface area contributed by atoms with Crippen molar-refractivity contribution in [3.05, 3.63) is 78.4 Å². The van der Waals surface area contributed by atoms with Crippen LogP contribution < -0.4 is 0 Å². The number of halogens is 1. The molecule has 0 aliphatic carbocycles. The van der Waals surface area contributed by atoms with Crippen molar-refractivity contribution in [3.63, 3.8) is 0 Å². The molecular formula is C19H15FN2O3S. The Morgan fingerprint density at radius 1 is 1.12 bits per heavy atom. The van der Waals surface area contributed by atoms with Crippen LogP contribution in [-0.4, -0.2) is 33.7 Å². The normalized spacial score (nSPS) is 10.5. The number of ether oxygens (including phenoxy) is 1. The summed E-state index contributed by atoms with van der Waals surface area (Å²) in [5, 5.41) is 0.530. The van der Waals surface area contributed by atoms with Gasteiger partial charge in [0.1, 0.15) is 5.82 Å². The molecule has 0 unspecified atom stereocenters. The van der Waals surface area contributed by atoms with E-state index in [9.17, 15) is 14.0 Å². The molecule has 0 amide bonds. The molecule has 0 spiro atoms. The van der Waals surface area contributed by atoms with Gasteiger partial charge < -0.3 is 4.74 Å². The molecule has 2 aromatic carbocycles. The van der Waals surface area contributed by atoms with Gasteiger partial charge in [-0.2, -0.15) is 0 Å². The lowest BCUT2D eigenvalue weighted by Gasteiger charge is -2.08. The maximum Gasteiger partial charge on any atom is 0.316 e. The number of ketones is 1. The number of nitrogens with zero attached hydrogens (tertiary/aromatic N) is 2. The number of hydrogen-bond donors (Lipinski definition) is 0. The summed E-state index contributed by atoms with van der Waals surface area (Å²) in [6.45, 7) is -0.304. The molecule has 1 aromatic heterocycles. The fraction of sp³-hybridized carbons (Fsp3) is 0.105. The Morgan fingerprint density at radius 3 is 2.69 bits per heavy atom. The molecular weight excluding hydrogens is 355 g/mol. The van der Waals surface area contributed by atoms with Crippen molar-refractivity contribution in [1.29, 1.82) is 0 Å². The SMILES string of the molecule is O=C(CSc1nccn1-c1cccc(F)c1)OCC(=O)c1ccccc1. The summed E-state index contributed by atoms with van der Waals surface area (Å²) in [6.07, 6.45) is 3.25. The van der Waals surface area contributed by atoms with E-state index < -0.39 is 5.97 Å². The first-order valence-corrected chi connectivity index (χ1v) is 8.78. The van der Waals surface area contributed by atoms with E-state index in [0.29, 0.717) is 16.4 Å². The van der Waals surface area contributed by atoms with Crippen molar-refractivity contribution in [2.75, 3.05) is 12.4 Å². The number of aromatic nitrogens is 2. The number of Topliss-reactive ketones (excluding diaryl/α,β-unsaturated/α-hetero) is 1. The fourth-order valence-corrected chi connectivity index (χ4v) is 3.01. The summed E-state index contributed by atoms with van der Waals surface area (Å²) in [5.74, 6) is -1.14. The van der Waals surface area contributed by atoms with Crippen LogP contribution in [0.4, 0.5) is 4.39 Å². The van der Waals surface area contributed by atoms with Gasteiger partial charge in [-0.15, -0.1) is 0 Å². The van der Waals surface area contributed by atoms with Crippen molar-refractivity contribution >= 4 is 23.5 Å². The van der Waals surface area contributed by atoms with E-state index in [0.717, 1.165) is 11.8 Å². The van der Waals surface area contributed by atoms with E-state index in [1.807, 2.05) is 0 Å². The van der Waals surface area contributed by atoms with Gasteiger partial charge in [0.15, 0.2) is 17.5 Å². The molecule has 26 heavy (non-hydrogen) atoms. The van der Waals surface area contributed by atoms with Crippen LogP contribution in [0, 0.1) is 5.82 Å². The predicted octanol–water partition coefficient (Wildman–Crippen LogP) is 3.53. The van der Waals surface area contributed by atoms with Crippen LogP contribution in [-0.2, 0) is 9.53 Å². The monoisotopic (exact) mass is 370 g/mol. The maximum atomic E-state index is 13.4. The van der Waals surface area contributed by atoms with Gasteiger partial charge in [-0.3, -0.25) is 14.2 Å². The molecule has 0 N–H and O–H groups in total. The van der Waals surface area contributed by atoms with Crippen molar-refractivity contribution in [2.24, 2.45) is 0 Å². The van der Waals surface area contributed by atoms with E-state index in [1.54, 1.807) is 59.4 Å². The summed E-state index contributed by atoms with van der Waals surface area (Å²) in [7, 11) is 0. The van der Waals surface area contributed by atoms with Crippen molar-refractivity contribution in [1.82, 2.24) is 9.55 Å². The lowest BCUT2D eigenvalue weighted by molar-refractivity contribution is -0.139. The zero-order valence-electron chi connectivity index (χ0n) is 13.7. The Labute approximate surface area is 153 Å². The van der Waals surface area contributed by atoms with Crippen LogP contribution >= 0.6 is 11.8 Å². The highest BCUT2D eigenvalue weighted by Gasteiger charge is 2.13. The van der Waals surface area contributed by atoms with Gasteiger partial charge in [0.25, 0.3) is 0 Å². The smallest absolute Gasteiger partial charge is 0.316 e. The Bertz CT molecular complexity index is 912. The molecule has 132 valence electrons. The number of imidazole rings is 1. The third kappa shape index (κ3) is 4.58. The second-order valence-corrected chi connectivity index (χ2v) is 6.24. The number of carbonyl (C=O) groups excluding carboxylic acids is 2. The first kappa shape index (κ1) is 17.9. The Hall–Kier alpha value is -2.93. The standard InChI is InChI=1S/C19H15FN2O3S/c20-15-7-4-8-16(11-15)22-10-9-21-19(22)26-13-18(24)25-12-17(23)14-5-2-1-3-6-14/h1-11H,12-13H2. The van der Waals surface area contributed by atoms with Gasteiger partial charge in [0, 0.05) is 18.0 Å². The zero-order valence-corrected chi connectivity index (χ0v) is 14.5. The van der Waals surface area contributed by atoms with Gasteiger partial charge in [-0.25, -0.2) is 9.37 Å². The number of esters is 1. The molecule has 3 aromatic rings. The van der Waals surface area contributed by atoms with E-state index in [1.165, 1.54) is 12.1 Å². The molecule has 7 heteroatoms. The summed E-state index contributed by atoms with van der Waals surface area (Å²) in [6, 6.07) is 14.7. The average molecular weight is 370 g/mol. The van der Waals surface area contributed by atoms with Crippen molar-refractivity contribution < 1.29 is 18.7 Å². The first-order chi connectivity index (χ1) is 12.6. The molecule has 0 bridgehead atoms. The van der Waals surface area contributed by atoms with Gasteiger partial charge in [0.05, 0.1) is 11.4 Å². The third-order valence-corrected chi connectivity index (χ3v) is 4.41. The molecule has 0 saturated heterocycles. The number of hydrogen-bond acceptors (Lipinski definition) is 5. The minimum atomic E-state index is -0.520. The summed E-state index contributed by atoms with van der Waals surface area (Å²) >= 11 is 1.15. The number of rotatable bonds is 7. The molecule has 0 saturated carbocycles. The number of benzene rings is 2. The van der Waals surface area contributed by atoms with Gasteiger partial charge in [0.2, 0.25) is 0 Å². The highest BCUT2D eigenvalue weighted by Crippen LogP contribution is 2.21. The Kier molecular flexibility index (Phi) is 5.80. The molecule has 0 atom stereocenters. The molecule has 0 fully saturated rings. The lowest BCUT2D eigenvalue weighted by Crippen LogP contribution is -2.15. The van der Waals surface area contributed by atoms with Crippen LogP contribution in [0.1, 0.15) is 10.4 Å². The van der Waals surface area contributed by atoms with Gasteiger partial charge >= 0.3 is 5.97 Å². The topological polar surface area (TPSA) is 61.2 Å². The molecule has 0 aliphatic rings. The highest BCUT2D eigenvalue weighted by molar-refractivity contribution is 7.99. The molecule has 0 aliphatic heterocycles. The number of carbonyl (C=O) groups is 2. The third-order valence-electron chi connectivity index (χ3n) is 3.47. The lowest BCUT2D eigenvalue weighted by atomic mass is 10.1.